The number of likely N-dealkylation sites (N-methyl/N-ethyl adjacent to an activating group) is 3. The number of terminal acetylenes is 1. The van der Waals surface area contributed by atoms with Crippen LogP contribution in [0.2, 0.25) is 0 Å². The minimum Gasteiger partial charge on any atom is -0.444 e. The monoisotopic (exact) mass is 832 g/mol. The van der Waals surface area contributed by atoms with E-state index in [1.807, 2.05) is 53.5 Å². The Labute approximate surface area is 349 Å². The number of ether oxygens (including phenoxy) is 6. The topological polar surface area (TPSA) is 115 Å². The van der Waals surface area contributed by atoms with Crippen molar-refractivity contribution in [2.24, 2.45) is 11.8 Å². The Hall–Kier alpha value is -1.60. The van der Waals surface area contributed by atoms with Crippen LogP contribution in [0.15, 0.2) is 0 Å². The summed E-state index contributed by atoms with van der Waals surface area (Å²) in [7, 11) is 13.0. The summed E-state index contributed by atoms with van der Waals surface area (Å²) in [6.07, 6.45) is 15.5. The van der Waals surface area contributed by atoms with Crippen LogP contribution in [0.5, 0.6) is 0 Å². The zero-order valence-electron chi connectivity index (χ0n) is 37.0. The molecule has 0 radical (unpaired) electrons. The van der Waals surface area contributed by atoms with Crippen LogP contribution < -0.4 is 5.32 Å². The van der Waals surface area contributed by atoms with E-state index in [0.717, 1.165) is 84.4 Å². The number of carbonyl (C=O) groups excluding carboxylic acids is 2. The molecule has 1 N–H and O–H groups in total. The maximum Gasteiger partial charge on any atom is 0.410 e. The fraction of sp³-hybridized carbons (Fsp3) is 0.900. The van der Waals surface area contributed by atoms with Gasteiger partial charge in [-0.2, -0.15) is 0 Å². The Morgan fingerprint density at radius 3 is 1.45 bits per heavy atom. The molecule has 2 amide bonds. The molecule has 0 aromatic rings. The lowest BCUT2D eigenvalue weighted by atomic mass is 10.1. The minimum atomic E-state index is -0.414. The first-order chi connectivity index (χ1) is 25.0. The van der Waals surface area contributed by atoms with E-state index in [1.54, 1.807) is 33.3 Å². The maximum atomic E-state index is 11.9. The van der Waals surface area contributed by atoms with Crippen LogP contribution in [0.25, 0.3) is 0 Å². The Balaban J connectivity index is -0.000000324. The summed E-state index contributed by atoms with van der Waals surface area (Å²) < 4.78 is 30.6. The number of likely N-dealkylation sites (tertiary alicyclic amines) is 2. The van der Waals surface area contributed by atoms with Crippen molar-refractivity contribution in [1.82, 2.24) is 24.9 Å². The molecule has 1 aliphatic carbocycles. The molecule has 0 aromatic carbocycles. The lowest BCUT2D eigenvalue weighted by molar-refractivity contribution is 0.0250. The largest absolute Gasteiger partial charge is 0.444 e. The molecule has 3 fully saturated rings. The van der Waals surface area contributed by atoms with Crippen molar-refractivity contribution in [3.63, 3.8) is 0 Å². The van der Waals surface area contributed by atoms with Crippen molar-refractivity contribution in [2.45, 2.75) is 97.4 Å². The second-order valence-corrected chi connectivity index (χ2v) is 15.9. The van der Waals surface area contributed by atoms with Gasteiger partial charge >= 0.3 is 12.2 Å². The molecule has 0 bridgehead atoms. The number of carbonyl (C=O) groups is 2. The number of hydrogen-bond donors (Lipinski definition) is 1. The Bertz CT molecular complexity index is 929. The second kappa shape index (κ2) is 35.6. The molecule has 1 saturated carbocycles. The predicted molar refractivity (Wildman–Crippen MR) is 230 cm³/mol. The molecule has 0 spiro atoms. The van der Waals surface area contributed by atoms with Crippen molar-refractivity contribution in [2.75, 3.05) is 128 Å². The summed E-state index contributed by atoms with van der Waals surface area (Å²) in [6.45, 7) is 21.9. The highest BCUT2D eigenvalue weighted by Gasteiger charge is 2.31. The molecule has 55 heavy (non-hydrogen) atoms. The summed E-state index contributed by atoms with van der Waals surface area (Å²) in [5.41, 5.74) is -0.827. The normalized spacial score (nSPS) is 17.9. The van der Waals surface area contributed by atoms with Crippen LogP contribution >= 0.6 is 24.8 Å². The van der Waals surface area contributed by atoms with Gasteiger partial charge in [0, 0.05) is 80.8 Å². The molecule has 2 aliphatic heterocycles. The Morgan fingerprint density at radius 1 is 0.673 bits per heavy atom. The quantitative estimate of drug-likeness (QED) is 0.160. The number of amides is 2. The number of methoxy groups -OCH3 is 4. The summed E-state index contributed by atoms with van der Waals surface area (Å²) in [4.78, 5) is 31.7. The molecule has 13 nitrogen and oxygen atoms in total. The molecular weight excluding hydrogens is 749 g/mol. The molecule has 330 valence electrons. The Morgan fingerprint density at radius 2 is 1.09 bits per heavy atom. The van der Waals surface area contributed by atoms with Gasteiger partial charge in [0.15, 0.2) is 0 Å². The lowest BCUT2D eigenvalue weighted by Crippen LogP contribution is -2.36. The van der Waals surface area contributed by atoms with Crippen molar-refractivity contribution >= 4 is 37.0 Å². The zero-order chi connectivity index (χ0) is 40.9. The molecule has 3 rings (SSSR count). The number of nitrogens with zero attached hydrogens (tertiary/aromatic N) is 4. The van der Waals surface area contributed by atoms with Crippen LogP contribution in [0, 0.1) is 24.7 Å². The van der Waals surface area contributed by atoms with E-state index < -0.39 is 11.2 Å². The highest BCUT2D eigenvalue weighted by atomic mass is 35.5. The molecule has 15 heteroatoms. The van der Waals surface area contributed by atoms with Gasteiger partial charge in [-0.3, -0.25) is 0 Å². The van der Waals surface area contributed by atoms with Gasteiger partial charge in [-0.05, 0) is 100 Å². The smallest absolute Gasteiger partial charge is 0.410 e. The number of halogens is 2. The van der Waals surface area contributed by atoms with Crippen LogP contribution in [0.4, 0.5) is 9.59 Å². The number of nitrogens with one attached hydrogen (secondary N) is 1. The predicted octanol–water partition coefficient (Wildman–Crippen LogP) is 6.16. The van der Waals surface area contributed by atoms with Gasteiger partial charge in [0.1, 0.15) is 11.2 Å². The third-order valence-electron chi connectivity index (χ3n) is 8.59. The molecule has 2 saturated heterocycles. The van der Waals surface area contributed by atoms with E-state index in [1.165, 1.54) is 32.2 Å². The third kappa shape index (κ3) is 34.2. The lowest BCUT2D eigenvalue weighted by Gasteiger charge is -2.25. The van der Waals surface area contributed by atoms with Crippen molar-refractivity contribution < 1.29 is 38.0 Å². The second-order valence-electron chi connectivity index (χ2n) is 15.9. The first kappa shape index (κ1) is 60.1. The SMILES string of the molecule is C#C.CNCCOC.COC1CCN(C(=O)OC(C)(C)C)C1.COCCN(C)CC1CCCC1.COCCN(C)CC1CCN(C(=O)OC(C)(C)C)C1.Cl.Cl. The van der Waals surface area contributed by atoms with Crippen molar-refractivity contribution in [3.8, 4) is 12.8 Å². The molecule has 2 atom stereocenters. The van der Waals surface area contributed by atoms with Gasteiger partial charge in [0.25, 0.3) is 0 Å². The number of rotatable bonds is 14. The van der Waals surface area contributed by atoms with E-state index in [9.17, 15) is 9.59 Å². The fourth-order valence-electron chi connectivity index (χ4n) is 5.84. The van der Waals surface area contributed by atoms with Gasteiger partial charge in [0.05, 0.1) is 32.5 Å². The van der Waals surface area contributed by atoms with Gasteiger partial charge < -0.3 is 53.3 Å². The van der Waals surface area contributed by atoms with Gasteiger partial charge in [-0.1, -0.05) is 12.8 Å². The van der Waals surface area contributed by atoms with Gasteiger partial charge in [-0.15, -0.1) is 37.7 Å². The molecule has 3 aliphatic rings. The highest BCUT2D eigenvalue weighted by Crippen LogP contribution is 2.25. The average molecular weight is 833 g/mol. The first-order valence-corrected chi connectivity index (χ1v) is 19.3. The summed E-state index contributed by atoms with van der Waals surface area (Å²) in [5, 5.41) is 2.94. The molecule has 2 heterocycles. The fourth-order valence-corrected chi connectivity index (χ4v) is 5.84. The third-order valence-corrected chi connectivity index (χ3v) is 8.59. The summed E-state index contributed by atoms with van der Waals surface area (Å²) in [5.74, 6) is 1.50. The van der Waals surface area contributed by atoms with Crippen molar-refractivity contribution in [1.29, 1.82) is 0 Å². The summed E-state index contributed by atoms with van der Waals surface area (Å²) >= 11 is 0. The first-order valence-electron chi connectivity index (χ1n) is 19.3. The number of hydrogen-bond acceptors (Lipinski definition) is 11. The van der Waals surface area contributed by atoms with Crippen LogP contribution in [0.1, 0.15) is 80.1 Å². The molecular formula is C40H83Cl2N5O8. The summed E-state index contributed by atoms with van der Waals surface area (Å²) in [6, 6.07) is 0. The van der Waals surface area contributed by atoms with E-state index >= 15 is 0 Å². The van der Waals surface area contributed by atoms with Crippen LogP contribution in [-0.4, -0.2) is 177 Å². The van der Waals surface area contributed by atoms with Gasteiger partial charge in [0.2, 0.25) is 0 Å². The highest BCUT2D eigenvalue weighted by molar-refractivity contribution is 5.85. The average Bonchev–Trinajstić information content (AvgIpc) is 3.89. The Kier molecular flexibility index (Phi) is 38.8. The van der Waals surface area contributed by atoms with Crippen LogP contribution in [-0.2, 0) is 28.4 Å². The van der Waals surface area contributed by atoms with E-state index in [-0.39, 0.29) is 43.1 Å². The van der Waals surface area contributed by atoms with E-state index in [2.05, 4.69) is 42.1 Å². The molecule has 0 aromatic heterocycles. The van der Waals surface area contributed by atoms with E-state index in [0.29, 0.717) is 12.5 Å². The minimum absolute atomic E-state index is 0. The molecule has 2 unspecified atom stereocenters. The van der Waals surface area contributed by atoms with Crippen LogP contribution in [0.3, 0.4) is 0 Å². The standard InChI is InChI=1S/C14H28N2O3.C10H19NO3.C10H21NO.C4H11NO.C2H2.2ClH/c1-14(2,3)19-13(17)16-7-6-12(11-16)10-15(4)8-9-18-5;1-10(2,3)14-9(12)11-6-5-8(7-11)13-4;1-11(7-8-12-2)9-10-5-3-4-6-10;1-5-3-4-6-2;1-2;;/h12H,6-11H2,1-5H3;8H,5-7H2,1-4H3;10H,3-9H2,1-2H3;5H,3-4H2,1-2H3;1-2H;2*1H. The maximum absolute atomic E-state index is 11.9. The van der Waals surface area contributed by atoms with Crippen molar-refractivity contribution in [3.05, 3.63) is 0 Å². The van der Waals surface area contributed by atoms with E-state index in [4.69, 9.17) is 28.4 Å². The van der Waals surface area contributed by atoms with Gasteiger partial charge in [-0.25, -0.2) is 9.59 Å². The zero-order valence-corrected chi connectivity index (χ0v) is 38.6.